The number of hydrogen-bond donors (Lipinski definition) is 1. The molecular weight excluding hydrogens is 276 g/mol. The summed E-state index contributed by atoms with van der Waals surface area (Å²) in [5.74, 6) is 0.637. The van der Waals surface area contributed by atoms with Crippen molar-refractivity contribution in [3.8, 4) is 5.75 Å². The van der Waals surface area contributed by atoms with Gasteiger partial charge < -0.3 is 10.5 Å². The van der Waals surface area contributed by atoms with Crippen molar-refractivity contribution in [1.29, 1.82) is 0 Å². The van der Waals surface area contributed by atoms with Gasteiger partial charge in [-0.1, -0.05) is 12.8 Å². The van der Waals surface area contributed by atoms with Crippen LogP contribution in [0.4, 0.5) is 0 Å². The van der Waals surface area contributed by atoms with Crippen molar-refractivity contribution < 1.29 is 13.2 Å². The first-order valence-electron chi connectivity index (χ1n) is 6.96. The minimum Gasteiger partial charge on any atom is -0.492 e. The number of rotatable bonds is 6. The summed E-state index contributed by atoms with van der Waals surface area (Å²) < 4.78 is 31.9. The maximum atomic E-state index is 12.5. The Hall–Kier alpha value is -1.11. The highest BCUT2D eigenvalue weighted by Crippen LogP contribution is 2.27. The summed E-state index contributed by atoms with van der Waals surface area (Å²) in [4.78, 5) is 0.312. The van der Waals surface area contributed by atoms with Gasteiger partial charge in [0, 0.05) is 19.6 Å². The van der Waals surface area contributed by atoms with Crippen LogP contribution in [-0.2, 0) is 10.0 Å². The minimum absolute atomic E-state index is 0.133. The molecule has 0 atom stereocenters. The van der Waals surface area contributed by atoms with Crippen LogP contribution in [0.15, 0.2) is 29.2 Å². The smallest absolute Gasteiger partial charge is 0.243 e. The Morgan fingerprint density at radius 3 is 2.40 bits per heavy atom. The zero-order valence-corrected chi connectivity index (χ0v) is 12.6. The average Bonchev–Trinajstić information content (AvgIpc) is 2.98. The van der Waals surface area contributed by atoms with E-state index < -0.39 is 10.0 Å². The lowest BCUT2D eigenvalue weighted by atomic mass is 10.3. The van der Waals surface area contributed by atoms with Crippen LogP contribution in [0.25, 0.3) is 0 Å². The lowest BCUT2D eigenvalue weighted by molar-refractivity contribution is 0.328. The van der Waals surface area contributed by atoms with E-state index in [0.29, 0.717) is 23.8 Å². The third kappa shape index (κ3) is 3.31. The maximum absolute atomic E-state index is 12.5. The molecule has 1 saturated carbocycles. The van der Waals surface area contributed by atoms with E-state index in [2.05, 4.69) is 0 Å². The van der Waals surface area contributed by atoms with Crippen LogP contribution in [0.5, 0.6) is 5.75 Å². The third-order valence-electron chi connectivity index (χ3n) is 3.73. The Bertz CT molecular complexity index is 522. The molecule has 0 heterocycles. The van der Waals surface area contributed by atoms with Crippen molar-refractivity contribution >= 4 is 10.0 Å². The number of hydrogen-bond acceptors (Lipinski definition) is 4. The molecule has 1 aromatic carbocycles. The fourth-order valence-electron chi connectivity index (χ4n) is 2.52. The predicted octanol–water partition coefficient (Wildman–Crippen LogP) is 1.59. The Morgan fingerprint density at radius 2 is 1.85 bits per heavy atom. The largest absolute Gasteiger partial charge is 0.492 e. The average molecular weight is 298 g/mol. The second-order valence-electron chi connectivity index (χ2n) is 5.07. The zero-order chi connectivity index (χ0) is 14.6. The molecule has 1 aliphatic carbocycles. The van der Waals surface area contributed by atoms with Crippen molar-refractivity contribution in [2.45, 2.75) is 36.6 Å². The van der Waals surface area contributed by atoms with Gasteiger partial charge in [0.05, 0.1) is 4.90 Å². The van der Waals surface area contributed by atoms with Crippen LogP contribution < -0.4 is 10.5 Å². The van der Waals surface area contributed by atoms with Crippen molar-refractivity contribution in [2.24, 2.45) is 5.73 Å². The van der Waals surface area contributed by atoms with Crippen LogP contribution in [0, 0.1) is 0 Å². The molecule has 2 rings (SSSR count). The highest BCUT2D eigenvalue weighted by molar-refractivity contribution is 7.89. The van der Waals surface area contributed by atoms with Gasteiger partial charge in [-0.2, -0.15) is 4.31 Å². The van der Waals surface area contributed by atoms with E-state index in [1.54, 1.807) is 31.3 Å². The van der Waals surface area contributed by atoms with Crippen molar-refractivity contribution in [2.75, 3.05) is 20.2 Å². The Kier molecular flexibility index (Phi) is 5.01. The molecule has 2 N–H and O–H groups in total. The number of benzene rings is 1. The molecule has 1 fully saturated rings. The van der Waals surface area contributed by atoms with Crippen LogP contribution in [-0.4, -0.2) is 39.0 Å². The molecule has 1 aromatic rings. The molecule has 20 heavy (non-hydrogen) atoms. The molecular formula is C14H22N2O3S. The first-order chi connectivity index (χ1) is 9.55. The van der Waals surface area contributed by atoms with Gasteiger partial charge in [-0.05, 0) is 37.1 Å². The minimum atomic E-state index is -3.41. The topological polar surface area (TPSA) is 72.6 Å². The SMILES string of the molecule is CN(C1CCCC1)S(=O)(=O)c1ccc(OCCN)cc1. The predicted molar refractivity (Wildman–Crippen MR) is 78.2 cm³/mol. The van der Waals surface area contributed by atoms with Gasteiger partial charge in [-0.3, -0.25) is 0 Å². The quantitative estimate of drug-likeness (QED) is 0.865. The molecule has 5 nitrogen and oxygen atoms in total. The first kappa shape index (κ1) is 15.3. The van der Waals surface area contributed by atoms with E-state index in [-0.39, 0.29) is 6.04 Å². The summed E-state index contributed by atoms with van der Waals surface area (Å²) in [6.07, 6.45) is 4.12. The van der Waals surface area contributed by atoms with Crippen molar-refractivity contribution in [1.82, 2.24) is 4.31 Å². The zero-order valence-electron chi connectivity index (χ0n) is 11.8. The number of nitrogens with two attached hydrogens (primary N) is 1. The van der Waals surface area contributed by atoms with Crippen LogP contribution in [0.3, 0.4) is 0 Å². The summed E-state index contributed by atoms with van der Waals surface area (Å²) in [5.41, 5.74) is 5.36. The highest BCUT2D eigenvalue weighted by Gasteiger charge is 2.29. The van der Waals surface area contributed by atoms with E-state index in [0.717, 1.165) is 25.7 Å². The molecule has 0 spiro atoms. The van der Waals surface area contributed by atoms with Crippen LogP contribution in [0.1, 0.15) is 25.7 Å². The van der Waals surface area contributed by atoms with Gasteiger partial charge in [-0.15, -0.1) is 0 Å². The summed E-state index contributed by atoms with van der Waals surface area (Å²) in [6.45, 7) is 0.860. The van der Waals surface area contributed by atoms with Gasteiger partial charge in [0.25, 0.3) is 0 Å². The molecule has 0 radical (unpaired) electrons. The molecule has 0 amide bonds. The van der Waals surface area contributed by atoms with Gasteiger partial charge in [-0.25, -0.2) is 8.42 Å². The van der Waals surface area contributed by atoms with Gasteiger partial charge in [0.1, 0.15) is 12.4 Å². The van der Waals surface area contributed by atoms with Crippen LogP contribution >= 0.6 is 0 Å². The number of nitrogens with zero attached hydrogens (tertiary/aromatic N) is 1. The normalized spacial score (nSPS) is 16.8. The van der Waals surface area contributed by atoms with E-state index >= 15 is 0 Å². The Balaban J connectivity index is 2.12. The lowest BCUT2D eigenvalue weighted by Gasteiger charge is -2.23. The fraction of sp³-hybridized carbons (Fsp3) is 0.571. The summed E-state index contributed by atoms with van der Waals surface area (Å²) in [6, 6.07) is 6.66. The van der Waals surface area contributed by atoms with Crippen LogP contribution in [0.2, 0.25) is 0 Å². The molecule has 0 saturated heterocycles. The third-order valence-corrected chi connectivity index (χ3v) is 5.65. The first-order valence-corrected chi connectivity index (χ1v) is 8.40. The molecule has 0 aromatic heterocycles. The molecule has 0 bridgehead atoms. The molecule has 0 unspecified atom stereocenters. The lowest BCUT2D eigenvalue weighted by Crippen LogP contribution is -2.35. The highest BCUT2D eigenvalue weighted by atomic mass is 32.2. The molecule has 112 valence electrons. The number of ether oxygens (including phenoxy) is 1. The second-order valence-corrected chi connectivity index (χ2v) is 7.07. The number of sulfonamides is 1. The summed E-state index contributed by atoms with van der Waals surface area (Å²) in [5, 5.41) is 0. The van der Waals surface area contributed by atoms with E-state index in [4.69, 9.17) is 10.5 Å². The van der Waals surface area contributed by atoms with E-state index in [1.807, 2.05) is 0 Å². The maximum Gasteiger partial charge on any atom is 0.243 e. The van der Waals surface area contributed by atoms with Gasteiger partial charge in [0.15, 0.2) is 0 Å². The monoisotopic (exact) mass is 298 g/mol. The molecule has 0 aliphatic heterocycles. The van der Waals surface area contributed by atoms with E-state index in [9.17, 15) is 8.42 Å². The summed E-state index contributed by atoms with van der Waals surface area (Å²) in [7, 11) is -1.74. The molecule has 1 aliphatic rings. The Morgan fingerprint density at radius 1 is 1.25 bits per heavy atom. The van der Waals surface area contributed by atoms with Crippen molar-refractivity contribution in [3.63, 3.8) is 0 Å². The summed E-state index contributed by atoms with van der Waals surface area (Å²) >= 11 is 0. The molecule has 6 heteroatoms. The fourth-order valence-corrected chi connectivity index (χ4v) is 3.93. The van der Waals surface area contributed by atoms with Gasteiger partial charge >= 0.3 is 0 Å². The van der Waals surface area contributed by atoms with E-state index in [1.165, 1.54) is 4.31 Å². The van der Waals surface area contributed by atoms with Crippen molar-refractivity contribution in [3.05, 3.63) is 24.3 Å². The second kappa shape index (κ2) is 6.56. The Labute approximate surface area is 120 Å². The standard InChI is InChI=1S/C14H22N2O3S/c1-16(12-4-2-3-5-12)20(17,18)14-8-6-13(7-9-14)19-11-10-15/h6-9,12H,2-5,10-11,15H2,1H3. The van der Waals surface area contributed by atoms with Gasteiger partial charge in [0.2, 0.25) is 10.0 Å².